The van der Waals surface area contributed by atoms with Crippen LogP contribution in [-0.4, -0.2) is 6.67 Å². The molecule has 0 radical (unpaired) electrons. The first-order valence-corrected chi connectivity index (χ1v) is 3.83. The maximum absolute atomic E-state index is 12.5. The smallest absolute Gasteiger partial charge is 0.123 e. The van der Waals surface area contributed by atoms with Gasteiger partial charge in [0.15, 0.2) is 0 Å². The molecule has 0 spiro atoms. The first kappa shape index (κ1) is 7.67. The topological polar surface area (TPSA) is 36.1 Å². The van der Waals surface area contributed by atoms with Crippen molar-refractivity contribution >= 4 is 0 Å². The van der Waals surface area contributed by atoms with Gasteiger partial charge in [0.1, 0.15) is 5.82 Å². The molecule has 1 unspecified atom stereocenters. The van der Waals surface area contributed by atoms with Crippen LogP contribution < -0.4 is 16.2 Å². The lowest BCUT2D eigenvalue weighted by molar-refractivity contribution is 0.552. The van der Waals surface area contributed by atoms with E-state index < -0.39 is 0 Å². The predicted molar refractivity (Wildman–Crippen MR) is 43.4 cm³/mol. The molecule has 4 heteroatoms. The summed E-state index contributed by atoms with van der Waals surface area (Å²) >= 11 is 0. The van der Waals surface area contributed by atoms with E-state index in [1.807, 2.05) is 0 Å². The van der Waals surface area contributed by atoms with Crippen LogP contribution in [0, 0.1) is 5.82 Å². The number of hydrogen-bond donors (Lipinski definition) is 3. The molecule has 0 saturated carbocycles. The summed E-state index contributed by atoms with van der Waals surface area (Å²) in [6, 6.07) is 6.42. The van der Waals surface area contributed by atoms with Crippen LogP contribution in [0.15, 0.2) is 24.3 Å². The maximum Gasteiger partial charge on any atom is 0.123 e. The fraction of sp³-hybridized carbons (Fsp3) is 0.250. The van der Waals surface area contributed by atoms with Crippen LogP contribution in [0.2, 0.25) is 0 Å². The monoisotopic (exact) mass is 167 g/mol. The van der Waals surface area contributed by atoms with Gasteiger partial charge < -0.3 is 0 Å². The molecule has 3 nitrogen and oxygen atoms in total. The van der Waals surface area contributed by atoms with Crippen LogP contribution in [0.25, 0.3) is 0 Å². The highest BCUT2D eigenvalue weighted by Crippen LogP contribution is 2.11. The molecule has 1 aromatic carbocycles. The Hall–Kier alpha value is -0.970. The molecule has 1 heterocycles. The quantitative estimate of drug-likeness (QED) is 0.569. The zero-order valence-corrected chi connectivity index (χ0v) is 6.47. The second kappa shape index (κ2) is 3.18. The largest absolute Gasteiger partial charge is 0.283 e. The standard InChI is InChI=1S/C8H10FN3/c9-7-3-1-6(2-4-7)8-10-5-11-12-8/h1-4,8,10-12H,5H2. The fourth-order valence-electron chi connectivity index (χ4n) is 1.21. The summed E-state index contributed by atoms with van der Waals surface area (Å²) in [7, 11) is 0. The van der Waals surface area contributed by atoms with Crippen LogP contribution in [0.4, 0.5) is 4.39 Å². The molecule has 0 bridgehead atoms. The van der Waals surface area contributed by atoms with Gasteiger partial charge in [-0.05, 0) is 17.7 Å². The minimum absolute atomic E-state index is 0.0885. The van der Waals surface area contributed by atoms with Crippen LogP contribution in [-0.2, 0) is 0 Å². The third-order valence-corrected chi connectivity index (χ3v) is 1.84. The average Bonchev–Trinajstić information content (AvgIpc) is 2.58. The average molecular weight is 167 g/mol. The van der Waals surface area contributed by atoms with Gasteiger partial charge in [0.25, 0.3) is 0 Å². The van der Waals surface area contributed by atoms with E-state index in [1.165, 1.54) is 12.1 Å². The first-order chi connectivity index (χ1) is 5.86. The lowest BCUT2D eigenvalue weighted by Crippen LogP contribution is -2.25. The van der Waals surface area contributed by atoms with Crippen molar-refractivity contribution < 1.29 is 4.39 Å². The molecular weight excluding hydrogens is 157 g/mol. The van der Waals surface area contributed by atoms with Crippen molar-refractivity contribution in [2.75, 3.05) is 6.67 Å². The van der Waals surface area contributed by atoms with Crippen LogP contribution >= 0.6 is 0 Å². The van der Waals surface area contributed by atoms with Crippen molar-refractivity contribution in [3.8, 4) is 0 Å². The Morgan fingerprint density at radius 2 is 2.00 bits per heavy atom. The maximum atomic E-state index is 12.5. The molecule has 1 aliphatic rings. The van der Waals surface area contributed by atoms with Gasteiger partial charge >= 0.3 is 0 Å². The summed E-state index contributed by atoms with van der Waals surface area (Å²) in [5.41, 5.74) is 6.97. The fourth-order valence-corrected chi connectivity index (χ4v) is 1.21. The SMILES string of the molecule is Fc1ccc(C2NCNN2)cc1. The Morgan fingerprint density at radius 3 is 2.58 bits per heavy atom. The Balaban J connectivity index is 2.17. The van der Waals surface area contributed by atoms with E-state index in [1.54, 1.807) is 12.1 Å². The zero-order chi connectivity index (χ0) is 8.39. The van der Waals surface area contributed by atoms with Crippen molar-refractivity contribution in [2.24, 2.45) is 0 Å². The normalized spacial score (nSPS) is 22.9. The van der Waals surface area contributed by atoms with Crippen molar-refractivity contribution in [1.29, 1.82) is 0 Å². The highest BCUT2D eigenvalue weighted by Gasteiger charge is 2.13. The molecule has 2 rings (SSSR count). The van der Waals surface area contributed by atoms with Gasteiger partial charge in [0.2, 0.25) is 0 Å². The number of benzene rings is 1. The molecule has 0 amide bonds. The molecular formula is C8H10FN3. The lowest BCUT2D eigenvalue weighted by atomic mass is 10.2. The summed E-state index contributed by atoms with van der Waals surface area (Å²) in [4.78, 5) is 0. The Kier molecular flexibility index (Phi) is 2.03. The third-order valence-electron chi connectivity index (χ3n) is 1.84. The molecule has 3 N–H and O–H groups in total. The van der Waals surface area contributed by atoms with E-state index in [4.69, 9.17) is 0 Å². The lowest BCUT2D eigenvalue weighted by Gasteiger charge is -2.09. The molecule has 1 saturated heterocycles. The van der Waals surface area contributed by atoms with Gasteiger partial charge in [0, 0.05) is 0 Å². The minimum Gasteiger partial charge on any atom is -0.283 e. The number of hydrazine groups is 1. The van der Waals surface area contributed by atoms with Gasteiger partial charge in [-0.15, -0.1) is 0 Å². The van der Waals surface area contributed by atoms with Gasteiger partial charge in [-0.1, -0.05) is 12.1 Å². The van der Waals surface area contributed by atoms with Crippen molar-refractivity contribution in [1.82, 2.24) is 16.2 Å². The van der Waals surface area contributed by atoms with E-state index in [0.717, 1.165) is 12.2 Å². The summed E-state index contributed by atoms with van der Waals surface area (Å²) < 4.78 is 12.5. The van der Waals surface area contributed by atoms with Crippen molar-refractivity contribution in [3.63, 3.8) is 0 Å². The Morgan fingerprint density at radius 1 is 1.25 bits per heavy atom. The molecule has 1 atom stereocenters. The summed E-state index contributed by atoms with van der Waals surface area (Å²) in [5, 5.41) is 3.15. The summed E-state index contributed by atoms with van der Waals surface area (Å²) in [6.07, 6.45) is 0.0885. The highest BCUT2D eigenvalue weighted by molar-refractivity contribution is 5.19. The predicted octanol–water partition coefficient (Wildman–Crippen LogP) is 0.479. The van der Waals surface area contributed by atoms with E-state index in [0.29, 0.717) is 0 Å². The van der Waals surface area contributed by atoms with Gasteiger partial charge in [-0.3, -0.25) is 5.32 Å². The zero-order valence-electron chi connectivity index (χ0n) is 6.47. The van der Waals surface area contributed by atoms with Crippen molar-refractivity contribution in [2.45, 2.75) is 6.17 Å². The third kappa shape index (κ3) is 1.45. The second-order valence-corrected chi connectivity index (χ2v) is 2.69. The Bertz CT molecular complexity index is 254. The molecule has 1 aromatic rings. The van der Waals surface area contributed by atoms with Crippen LogP contribution in [0.3, 0.4) is 0 Å². The molecule has 1 aliphatic heterocycles. The van der Waals surface area contributed by atoms with E-state index in [2.05, 4.69) is 16.2 Å². The van der Waals surface area contributed by atoms with Crippen LogP contribution in [0.5, 0.6) is 0 Å². The number of halogens is 1. The molecule has 1 fully saturated rings. The Labute approximate surface area is 69.9 Å². The molecule has 0 aliphatic carbocycles. The van der Waals surface area contributed by atoms with E-state index in [-0.39, 0.29) is 12.0 Å². The molecule has 64 valence electrons. The van der Waals surface area contributed by atoms with Crippen molar-refractivity contribution in [3.05, 3.63) is 35.6 Å². The van der Waals surface area contributed by atoms with Gasteiger partial charge in [-0.25, -0.2) is 15.2 Å². The number of hydrogen-bond acceptors (Lipinski definition) is 3. The number of nitrogens with one attached hydrogen (secondary N) is 3. The minimum atomic E-state index is -0.204. The first-order valence-electron chi connectivity index (χ1n) is 3.83. The second-order valence-electron chi connectivity index (χ2n) is 2.69. The van der Waals surface area contributed by atoms with E-state index >= 15 is 0 Å². The molecule has 0 aromatic heterocycles. The summed E-state index contributed by atoms with van der Waals surface area (Å²) in [6.45, 7) is 0.724. The summed E-state index contributed by atoms with van der Waals surface area (Å²) in [5.74, 6) is -0.204. The highest BCUT2D eigenvalue weighted by atomic mass is 19.1. The molecule has 12 heavy (non-hydrogen) atoms. The van der Waals surface area contributed by atoms with Gasteiger partial charge in [0.05, 0.1) is 12.8 Å². The van der Waals surface area contributed by atoms with E-state index in [9.17, 15) is 4.39 Å². The number of rotatable bonds is 1. The van der Waals surface area contributed by atoms with Gasteiger partial charge in [-0.2, -0.15) is 0 Å². The van der Waals surface area contributed by atoms with Crippen LogP contribution in [0.1, 0.15) is 11.7 Å².